The fourth-order valence-electron chi connectivity index (χ4n) is 1.84. The molecule has 0 bridgehead atoms. The molecular formula is C16H16Cl2. The minimum Gasteiger partial charge on any atom is -0.116 e. The normalized spacial score (nSPS) is 14.2. The zero-order chi connectivity index (χ0) is 13.1. The maximum absolute atomic E-state index is 6.45. The van der Waals surface area contributed by atoms with E-state index in [1.54, 1.807) is 0 Å². The first-order valence-corrected chi connectivity index (χ1v) is 6.86. The Balaban J connectivity index is 2.20. The van der Waals surface area contributed by atoms with Crippen LogP contribution in [0, 0.1) is 13.8 Å². The molecule has 0 nitrogen and oxygen atoms in total. The van der Waals surface area contributed by atoms with Crippen molar-refractivity contribution in [3.8, 4) is 0 Å². The highest BCUT2D eigenvalue weighted by molar-refractivity contribution is 6.30. The lowest BCUT2D eigenvalue weighted by molar-refractivity contribution is 0.881. The molecule has 94 valence electrons. The fourth-order valence-corrected chi connectivity index (χ4v) is 2.42. The van der Waals surface area contributed by atoms with E-state index < -0.39 is 0 Å². The van der Waals surface area contributed by atoms with E-state index in [2.05, 4.69) is 38.1 Å². The zero-order valence-electron chi connectivity index (χ0n) is 10.5. The van der Waals surface area contributed by atoms with E-state index in [1.165, 1.54) is 11.1 Å². The summed E-state index contributed by atoms with van der Waals surface area (Å²) in [7, 11) is 0. The van der Waals surface area contributed by atoms with Gasteiger partial charge in [0.1, 0.15) is 0 Å². The SMILES string of the molecule is Cc1ccc([C@@H](Cl)[C@H](Cl)c2ccc(C)cc2)cc1. The molecule has 0 amide bonds. The maximum atomic E-state index is 6.45. The summed E-state index contributed by atoms with van der Waals surface area (Å²) in [5, 5.41) is -0.426. The summed E-state index contributed by atoms with van der Waals surface area (Å²) in [6.07, 6.45) is 0. The Bertz CT molecular complexity index is 450. The maximum Gasteiger partial charge on any atom is 0.0790 e. The molecule has 0 N–H and O–H groups in total. The minimum atomic E-state index is -0.213. The van der Waals surface area contributed by atoms with Crippen molar-refractivity contribution in [1.82, 2.24) is 0 Å². The molecule has 18 heavy (non-hydrogen) atoms. The van der Waals surface area contributed by atoms with Gasteiger partial charge in [0.2, 0.25) is 0 Å². The van der Waals surface area contributed by atoms with Gasteiger partial charge in [0.15, 0.2) is 0 Å². The van der Waals surface area contributed by atoms with Crippen molar-refractivity contribution in [1.29, 1.82) is 0 Å². The van der Waals surface area contributed by atoms with Gasteiger partial charge in [-0.2, -0.15) is 0 Å². The number of alkyl halides is 2. The highest BCUT2D eigenvalue weighted by atomic mass is 35.5. The monoisotopic (exact) mass is 278 g/mol. The second-order valence-corrected chi connectivity index (χ2v) is 5.57. The smallest absolute Gasteiger partial charge is 0.0790 e. The molecule has 0 unspecified atom stereocenters. The Hall–Kier alpha value is -0.980. The summed E-state index contributed by atoms with van der Waals surface area (Å²) in [6, 6.07) is 16.4. The first-order chi connectivity index (χ1) is 8.58. The van der Waals surface area contributed by atoms with Crippen LogP contribution in [0.1, 0.15) is 33.0 Å². The second kappa shape index (κ2) is 5.77. The Morgan fingerprint density at radius 2 is 0.889 bits per heavy atom. The van der Waals surface area contributed by atoms with Crippen LogP contribution in [0.25, 0.3) is 0 Å². The number of aryl methyl sites for hydroxylation is 2. The van der Waals surface area contributed by atoms with Crippen LogP contribution < -0.4 is 0 Å². The minimum absolute atomic E-state index is 0.213. The molecule has 0 aromatic heterocycles. The van der Waals surface area contributed by atoms with Crippen molar-refractivity contribution in [2.75, 3.05) is 0 Å². The summed E-state index contributed by atoms with van der Waals surface area (Å²) < 4.78 is 0. The van der Waals surface area contributed by atoms with Crippen LogP contribution in [0.2, 0.25) is 0 Å². The molecule has 2 rings (SSSR count). The van der Waals surface area contributed by atoms with Gasteiger partial charge in [0, 0.05) is 0 Å². The van der Waals surface area contributed by atoms with Crippen molar-refractivity contribution < 1.29 is 0 Å². The summed E-state index contributed by atoms with van der Waals surface area (Å²) in [4.78, 5) is 0. The van der Waals surface area contributed by atoms with Crippen LogP contribution in [-0.2, 0) is 0 Å². The van der Waals surface area contributed by atoms with Crippen LogP contribution in [0.4, 0.5) is 0 Å². The molecule has 0 aliphatic rings. The van der Waals surface area contributed by atoms with E-state index in [0.717, 1.165) is 11.1 Å². The lowest BCUT2D eigenvalue weighted by atomic mass is 10.0. The van der Waals surface area contributed by atoms with E-state index in [-0.39, 0.29) is 10.8 Å². The van der Waals surface area contributed by atoms with Crippen LogP contribution in [0.5, 0.6) is 0 Å². The highest BCUT2D eigenvalue weighted by Gasteiger charge is 2.20. The summed E-state index contributed by atoms with van der Waals surface area (Å²) in [5.74, 6) is 0. The highest BCUT2D eigenvalue weighted by Crippen LogP contribution is 2.39. The van der Waals surface area contributed by atoms with Gasteiger partial charge >= 0.3 is 0 Å². The van der Waals surface area contributed by atoms with Gasteiger partial charge in [0.05, 0.1) is 10.8 Å². The fraction of sp³-hybridized carbons (Fsp3) is 0.250. The van der Waals surface area contributed by atoms with E-state index in [0.29, 0.717) is 0 Å². The molecule has 0 saturated heterocycles. The van der Waals surface area contributed by atoms with Gasteiger partial charge in [-0.05, 0) is 25.0 Å². The number of hydrogen-bond donors (Lipinski definition) is 0. The van der Waals surface area contributed by atoms with Gasteiger partial charge in [-0.25, -0.2) is 0 Å². The molecule has 2 aromatic rings. The Labute approximate surface area is 119 Å². The quantitative estimate of drug-likeness (QED) is 0.645. The average Bonchev–Trinajstić information content (AvgIpc) is 2.39. The standard InChI is InChI=1S/C16H16Cl2/c1-11-3-7-13(8-4-11)15(17)16(18)14-9-5-12(2)6-10-14/h3-10,15-16H,1-2H3/t15-,16-/m1/s1. The van der Waals surface area contributed by atoms with Crippen molar-refractivity contribution in [2.24, 2.45) is 0 Å². The lowest BCUT2D eigenvalue weighted by Gasteiger charge is -2.17. The summed E-state index contributed by atoms with van der Waals surface area (Å²) in [5.41, 5.74) is 4.57. The molecule has 0 saturated carbocycles. The largest absolute Gasteiger partial charge is 0.116 e. The van der Waals surface area contributed by atoms with Crippen LogP contribution in [0.3, 0.4) is 0 Å². The van der Waals surface area contributed by atoms with Crippen LogP contribution in [-0.4, -0.2) is 0 Å². The topological polar surface area (TPSA) is 0 Å². The summed E-state index contributed by atoms with van der Waals surface area (Å²) in [6.45, 7) is 4.12. The van der Waals surface area contributed by atoms with E-state index in [1.807, 2.05) is 24.3 Å². The molecule has 2 atom stereocenters. The number of rotatable bonds is 3. The third-order valence-corrected chi connectivity index (χ3v) is 4.19. The predicted molar refractivity (Wildman–Crippen MR) is 79.5 cm³/mol. The molecule has 0 aliphatic carbocycles. The molecule has 0 aliphatic heterocycles. The molecule has 2 aromatic carbocycles. The zero-order valence-corrected chi connectivity index (χ0v) is 12.0. The predicted octanol–water partition coefficient (Wildman–Crippen LogP) is 5.56. The molecule has 0 fully saturated rings. The number of halogens is 2. The van der Waals surface area contributed by atoms with Gasteiger partial charge in [0.25, 0.3) is 0 Å². The Morgan fingerprint density at radius 3 is 1.17 bits per heavy atom. The van der Waals surface area contributed by atoms with Crippen molar-refractivity contribution in [3.05, 3.63) is 70.8 Å². The van der Waals surface area contributed by atoms with Crippen LogP contribution >= 0.6 is 23.2 Å². The third kappa shape index (κ3) is 3.07. The number of benzene rings is 2. The Kier molecular flexibility index (Phi) is 4.31. The second-order valence-electron chi connectivity index (χ2n) is 4.62. The van der Waals surface area contributed by atoms with Gasteiger partial charge in [-0.1, -0.05) is 59.7 Å². The van der Waals surface area contributed by atoms with Crippen molar-refractivity contribution >= 4 is 23.2 Å². The van der Waals surface area contributed by atoms with Crippen molar-refractivity contribution in [2.45, 2.75) is 24.6 Å². The molecule has 0 heterocycles. The van der Waals surface area contributed by atoms with Crippen molar-refractivity contribution in [3.63, 3.8) is 0 Å². The Morgan fingerprint density at radius 1 is 0.611 bits per heavy atom. The van der Waals surface area contributed by atoms with Crippen LogP contribution in [0.15, 0.2) is 48.5 Å². The lowest BCUT2D eigenvalue weighted by Crippen LogP contribution is -2.00. The first kappa shape index (κ1) is 13.5. The van der Waals surface area contributed by atoms with E-state index >= 15 is 0 Å². The first-order valence-electron chi connectivity index (χ1n) is 5.99. The molecular weight excluding hydrogens is 263 g/mol. The van der Waals surface area contributed by atoms with Gasteiger partial charge in [-0.3, -0.25) is 0 Å². The van der Waals surface area contributed by atoms with E-state index in [4.69, 9.17) is 23.2 Å². The summed E-state index contributed by atoms with van der Waals surface area (Å²) >= 11 is 12.9. The number of hydrogen-bond acceptors (Lipinski definition) is 0. The van der Waals surface area contributed by atoms with Gasteiger partial charge < -0.3 is 0 Å². The average molecular weight is 279 g/mol. The van der Waals surface area contributed by atoms with E-state index in [9.17, 15) is 0 Å². The molecule has 0 radical (unpaired) electrons. The molecule has 0 spiro atoms. The van der Waals surface area contributed by atoms with Gasteiger partial charge in [-0.15, -0.1) is 23.2 Å². The third-order valence-electron chi connectivity index (χ3n) is 3.05. The molecule has 2 heteroatoms.